The summed E-state index contributed by atoms with van der Waals surface area (Å²) < 4.78 is 0. The van der Waals surface area contributed by atoms with Crippen LogP contribution in [-0.2, 0) is 4.79 Å². The lowest BCUT2D eigenvalue weighted by atomic mass is 9.76. The van der Waals surface area contributed by atoms with E-state index >= 15 is 0 Å². The number of carboxylic acids is 1. The van der Waals surface area contributed by atoms with Crippen LogP contribution in [0, 0.1) is 17.8 Å². The van der Waals surface area contributed by atoms with Crippen LogP contribution in [0.3, 0.4) is 0 Å². The van der Waals surface area contributed by atoms with Crippen LogP contribution in [0.15, 0.2) is 0 Å². The van der Waals surface area contributed by atoms with Gasteiger partial charge < -0.3 is 10.2 Å². The molecule has 15 heavy (non-hydrogen) atoms. The largest absolute Gasteiger partial charge is 0.479 e. The van der Waals surface area contributed by atoms with Gasteiger partial charge in [-0.1, -0.05) is 26.7 Å². The zero-order valence-electron chi connectivity index (χ0n) is 9.65. The molecule has 1 fully saturated rings. The van der Waals surface area contributed by atoms with Crippen molar-refractivity contribution in [1.82, 2.24) is 0 Å². The van der Waals surface area contributed by atoms with E-state index in [9.17, 15) is 9.90 Å². The summed E-state index contributed by atoms with van der Waals surface area (Å²) in [6, 6.07) is 0. The highest BCUT2D eigenvalue weighted by atomic mass is 16.4. The van der Waals surface area contributed by atoms with Gasteiger partial charge in [0.05, 0.1) is 0 Å². The summed E-state index contributed by atoms with van der Waals surface area (Å²) in [4.78, 5) is 10.7. The Morgan fingerprint density at radius 2 is 2.07 bits per heavy atom. The van der Waals surface area contributed by atoms with Crippen LogP contribution in [0.5, 0.6) is 0 Å². The predicted octanol–water partition coefficient (Wildman–Crippen LogP) is 2.28. The van der Waals surface area contributed by atoms with E-state index in [2.05, 4.69) is 13.8 Å². The first-order valence-electron chi connectivity index (χ1n) is 5.91. The molecule has 88 valence electrons. The van der Waals surface area contributed by atoms with Crippen molar-refractivity contribution in [2.75, 3.05) is 0 Å². The minimum atomic E-state index is -1.15. The van der Waals surface area contributed by atoms with Gasteiger partial charge in [-0.3, -0.25) is 0 Å². The van der Waals surface area contributed by atoms with Gasteiger partial charge in [0.1, 0.15) is 0 Å². The Morgan fingerprint density at radius 1 is 1.40 bits per heavy atom. The molecule has 0 spiro atoms. The van der Waals surface area contributed by atoms with E-state index in [-0.39, 0.29) is 5.92 Å². The van der Waals surface area contributed by atoms with Gasteiger partial charge in [0.2, 0.25) is 0 Å². The molecule has 0 bridgehead atoms. The molecule has 2 N–H and O–H groups in total. The Balaban J connectivity index is 2.45. The highest BCUT2D eigenvalue weighted by molar-refractivity contribution is 5.72. The third-order valence-electron chi connectivity index (χ3n) is 3.33. The molecule has 0 aromatic heterocycles. The number of rotatable bonds is 4. The van der Waals surface area contributed by atoms with Crippen molar-refractivity contribution in [3.8, 4) is 0 Å². The summed E-state index contributed by atoms with van der Waals surface area (Å²) in [5.74, 6) is 0.179. The summed E-state index contributed by atoms with van der Waals surface area (Å²) in [6.07, 6.45) is 4.00. The Hall–Kier alpha value is -0.570. The zero-order chi connectivity index (χ0) is 11.4. The summed E-state index contributed by atoms with van der Waals surface area (Å²) in [7, 11) is 0. The van der Waals surface area contributed by atoms with Crippen molar-refractivity contribution in [3.05, 3.63) is 0 Å². The van der Waals surface area contributed by atoms with Gasteiger partial charge >= 0.3 is 5.97 Å². The van der Waals surface area contributed by atoms with Crippen LogP contribution in [0.25, 0.3) is 0 Å². The number of hydrogen-bond acceptors (Lipinski definition) is 2. The van der Waals surface area contributed by atoms with Crippen molar-refractivity contribution < 1.29 is 15.0 Å². The van der Waals surface area contributed by atoms with Crippen LogP contribution in [0.4, 0.5) is 0 Å². The van der Waals surface area contributed by atoms with Crippen molar-refractivity contribution >= 4 is 5.97 Å². The third-order valence-corrected chi connectivity index (χ3v) is 3.33. The molecule has 0 aliphatic heterocycles. The van der Waals surface area contributed by atoms with Crippen molar-refractivity contribution in [1.29, 1.82) is 0 Å². The number of aliphatic carboxylic acids is 1. The van der Waals surface area contributed by atoms with Crippen LogP contribution in [0.2, 0.25) is 0 Å². The third kappa shape index (κ3) is 3.82. The summed E-state index contributed by atoms with van der Waals surface area (Å²) in [5, 5.41) is 18.3. The second kappa shape index (κ2) is 5.50. The minimum Gasteiger partial charge on any atom is -0.479 e. The van der Waals surface area contributed by atoms with Crippen molar-refractivity contribution in [3.63, 3.8) is 0 Å². The number of carboxylic acid groups (broad SMARTS) is 1. The van der Waals surface area contributed by atoms with Gasteiger partial charge in [-0.05, 0) is 37.0 Å². The van der Waals surface area contributed by atoms with Crippen molar-refractivity contribution in [2.24, 2.45) is 17.8 Å². The molecule has 3 atom stereocenters. The fourth-order valence-corrected chi connectivity index (χ4v) is 2.70. The second-order valence-electron chi connectivity index (χ2n) is 5.21. The normalized spacial score (nSPS) is 29.1. The molecular formula is C12H22O3. The summed E-state index contributed by atoms with van der Waals surface area (Å²) in [6.45, 7) is 4.38. The van der Waals surface area contributed by atoms with Gasteiger partial charge in [-0.25, -0.2) is 4.79 Å². The van der Waals surface area contributed by atoms with Crippen LogP contribution in [0.1, 0.15) is 46.0 Å². The molecule has 1 rings (SSSR count). The maximum atomic E-state index is 10.7. The predicted molar refractivity (Wildman–Crippen MR) is 58.5 cm³/mol. The zero-order valence-corrected chi connectivity index (χ0v) is 9.65. The second-order valence-corrected chi connectivity index (χ2v) is 5.21. The van der Waals surface area contributed by atoms with Gasteiger partial charge in [0, 0.05) is 0 Å². The molecule has 1 saturated carbocycles. The molecule has 1 aliphatic carbocycles. The number of hydrogen-bond donors (Lipinski definition) is 2. The lowest BCUT2D eigenvalue weighted by Crippen LogP contribution is -2.33. The van der Waals surface area contributed by atoms with E-state index < -0.39 is 12.1 Å². The topological polar surface area (TPSA) is 57.5 Å². The molecule has 3 nitrogen and oxygen atoms in total. The van der Waals surface area contributed by atoms with Crippen LogP contribution < -0.4 is 0 Å². The smallest absolute Gasteiger partial charge is 0.332 e. The van der Waals surface area contributed by atoms with E-state index in [0.717, 1.165) is 25.7 Å². The molecule has 0 aromatic carbocycles. The first-order chi connectivity index (χ1) is 7.00. The lowest BCUT2D eigenvalue weighted by Gasteiger charge is -2.31. The number of aliphatic hydroxyl groups is 1. The monoisotopic (exact) mass is 214 g/mol. The highest BCUT2D eigenvalue weighted by Crippen LogP contribution is 2.34. The molecule has 1 aliphatic rings. The maximum Gasteiger partial charge on any atom is 0.332 e. The van der Waals surface area contributed by atoms with E-state index in [4.69, 9.17) is 5.11 Å². The maximum absolute atomic E-state index is 10.7. The number of carbonyl (C=O) groups is 1. The SMILES string of the molecule is CC(C)CC1CCCC(C(O)C(=O)O)C1. The fourth-order valence-electron chi connectivity index (χ4n) is 2.70. The van der Waals surface area contributed by atoms with Gasteiger partial charge in [0.15, 0.2) is 6.10 Å². The molecule has 0 radical (unpaired) electrons. The van der Waals surface area contributed by atoms with Crippen LogP contribution >= 0.6 is 0 Å². The molecule has 0 amide bonds. The lowest BCUT2D eigenvalue weighted by molar-refractivity contribution is -0.150. The van der Waals surface area contributed by atoms with E-state index in [1.54, 1.807) is 0 Å². The van der Waals surface area contributed by atoms with Gasteiger partial charge in [-0.15, -0.1) is 0 Å². The average Bonchev–Trinajstić information content (AvgIpc) is 2.16. The van der Waals surface area contributed by atoms with Gasteiger partial charge in [-0.2, -0.15) is 0 Å². The molecule has 3 heteroatoms. The first-order valence-corrected chi connectivity index (χ1v) is 5.91. The Kier molecular flexibility index (Phi) is 4.58. The Bertz CT molecular complexity index is 213. The minimum absolute atomic E-state index is 0.0278. The van der Waals surface area contributed by atoms with Crippen LogP contribution in [-0.4, -0.2) is 22.3 Å². The van der Waals surface area contributed by atoms with E-state index in [0.29, 0.717) is 11.8 Å². The number of aliphatic hydroxyl groups excluding tert-OH is 1. The van der Waals surface area contributed by atoms with E-state index in [1.807, 2.05) is 0 Å². The molecule has 0 aromatic rings. The van der Waals surface area contributed by atoms with E-state index in [1.165, 1.54) is 6.42 Å². The summed E-state index contributed by atoms with van der Waals surface area (Å²) >= 11 is 0. The Labute approximate surface area is 91.5 Å². The average molecular weight is 214 g/mol. The molecular weight excluding hydrogens is 192 g/mol. The first kappa shape index (κ1) is 12.5. The van der Waals surface area contributed by atoms with Gasteiger partial charge in [0.25, 0.3) is 0 Å². The molecule has 0 heterocycles. The quantitative estimate of drug-likeness (QED) is 0.755. The standard InChI is InChI=1S/C12H22O3/c1-8(2)6-9-4-3-5-10(7-9)11(13)12(14)15/h8-11,13H,3-7H2,1-2H3,(H,14,15). The Morgan fingerprint density at radius 3 is 2.60 bits per heavy atom. The highest BCUT2D eigenvalue weighted by Gasteiger charge is 2.31. The molecule has 0 saturated heterocycles. The fraction of sp³-hybridized carbons (Fsp3) is 0.917. The van der Waals surface area contributed by atoms with Crippen molar-refractivity contribution in [2.45, 2.75) is 52.1 Å². The molecule has 3 unspecified atom stereocenters. The summed E-state index contributed by atoms with van der Waals surface area (Å²) in [5.41, 5.74) is 0.